The van der Waals surface area contributed by atoms with Crippen LogP contribution in [0.25, 0.3) is 0 Å². The van der Waals surface area contributed by atoms with E-state index in [1.54, 1.807) is 24.3 Å². The second kappa shape index (κ2) is 9.16. The Morgan fingerprint density at radius 1 is 1.04 bits per heavy atom. The van der Waals surface area contributed by atoms with E-state index in [1.807, 2.05) is 31.2 Å². The van der Waals surface area contributed by atoms with Gasteiger partial charge in [-0.25, -0.2) is 12.7 Å². The van der Waals surface area contributed by atoms with Crippen LogP contribution in [0.15, 0.2) is 48.5 Å². The van der Waals surface area contributed by atoms with E-state index >= 15 is 0 Å². The molecule has 0 atom stereocenters. The van der Waals surface area contributed by atoms with E-state index in [-0.39, 0.29) is 19.0 Å². The zero-order chi connectivity index (χ0) is 19.2. The molecular formula is C19H23ClN2O3S. The SMILES string of the molecule is Cc1ccc(C(=O)NCCN(CCc2ccc(Cl)cc2)S(C)(=O)=O)cc1. The van der Waals surface area contributed by atoms with Crippen molar-refractivity contribution in [2.24, 2.45) is 0 Å². The lowest BCUT2D eigenvalue weighted by Crippen LogP contribution is -2.39. The third-order valence-electron chi connectivity index (χ3n) is 3.99. The maximum Gasteiger partial charge on any atom is 0.251 e. The van der Waals surface area contributed by atoms with Crippen LogP contribution in [0.3, 0.4) is 0 Å². The maximum absolute atomic E-state index is 12.1. The predicted molar refractivity (Wildman–Crippen MR) is 105 cm³/mol. The summed E-state index contributed by atoms with van der Waals surface area (Å²) in [5, 5.41) is 3.41. The molecule has 0 radical (unpaired) electrons. The van der Waals surface area contributed by atoms with Gasteiger partial charge in [0.15, 0.2) is 0 Å². The number of sulfonamides is 1. The zero-order valence-corrected chi connectivity index (χ0v) is 16.5. The first-order valence-electron chi connectivity index (χ1n) is 8.30. The molecule has 5 nitrogen and oxygen atoms in total. The Labute approximate surface area is 160 Å². The van der Waals surface area contributed by atoms with Crippen molar-refractivity contribution in [3.8, 4) is 0 Å². The number of hydrogen-bond donors (Lipinski definition) is 1. The summed E-state index contributed by atoms with van der Waals surface area (Å²) in [5.74, 6) is -0.212. The van der Waals surface area contributed by atoms with Crippen molar-refractivity contribution >= 4 is 27.5 Å². The third kappa shape index (κ3) is 6.44. The number of carbonyl (C=O) groups is 1. The highest BCUT2D eigenvalue weighted by Gasteiger charge is 2.16. The Kier molecular flexibility index (Phi) is 7.20. The molecule has 0 saturated carbocycles. The second-order valence-electron chi connectivity index (χ2n) is 6.16. The quantitative estimate of drug-likeness (QED) is 0.748. The Morgan fingerprint density at radius 2 is 1.65 bits per heavy atom. The van der Waals surface area contributed by atoms with Crippen molar-refractivity contribution in [1.29, 1.82) is 0 Å². The normalized spacial score (nSPS) is 11.5. The van der Waals surface area contributed by atoms with Crippen LogP contribution in [0.1, 0.15) is 21.5 Å². The minimum atomic E-state index is -3.36. The molecule has 7 heteroatoms. The molecule has 0 heterocycles. The molecule has 2 aromatic rings. The van der Waals surface area contributed by atoms with Crippen molar-refractivity contribution in [3.63, 3.8) is 0 Å². The fourth-order valence-corrected chi connectivity index (χ4v) is 3.42. The van der Waals surface area contributed by atoms with Gasteiger partial charge in [0, 0.05) is 30.2 Å². The Morgan fingerprint density at radius 3 is 2.23 bits per heavy atom. The van der Waals surface area contributed by atoms with Gasteiger partial charge in [-0.2, -0.15) is 0 Å². The van der Waals surface area contributed by atoms with Crippen molar-refractivity contribution < 1.29 is 13.2 Å². The summed E-state index contributed by atoms with van der Waals surface area (Å²) in [6, 6.07) is 14.5. The molecule has 0 unspecified atom stereocenters. The predicted octanol–water partition coefficient (Wildman–Crippen LogP) is 2.88. The van der Waals surface area contributed by atoms with Crippen LogP contribution in [0.5, 0.6) is 0 Å². The number of benzene rings is 2. The van der Waals surface area contributed by atoms with Gasteiger partial charge in [-0.3, -0.25) is 4.79 Å². The van der Waals surface area contributed by atoms with E-state index in [2.05, 4.69) is 5.32 Å². The number of amides is 1. The number of aryl methyl sites for hydroxylation is 1. The summed E-state index contributed by atoms with van der Waals surface area (Å²) in [7, 11) is -3.36. The van der Waals surface area contributed by atoms with Crippen LogP contribution in [0.2, 0.25) is 5.02 Å². The van der Waals surface area contributed by atoms with Gasteiger partial charge in [0.2, 0.25) is 10.0 Å². The molecule has 0 aliphatic carbocycles. The van der Waals surface area contributed by atoms with Crippen LogP contribution in [0.4, 0.5) is 0 Å². The Balaban J connectivity index is 1.88. The van der Waals surface area contributed by atoms with Gasteiger partial charge in [-0.1, -0.05) is 41.4 Å². The lowest BCUT2D eigenvalue weighted by Gasteiger charge is -2.20. The summed E-state index contributed by atoms with van der Waals surface area (Å²) < 4.78 is 25.3. The second-order valence-corrected chi connectivity index (χ2v) is 8.58. The molecule has 2 aromatic carbocycles. The first-order chi connectivity index (χ1) is 12.3. The van der Waals surface area contributed by atoms with E-state index in [0.29, 0.717) is 23.6 Å². The summed E-state index contributed by atoms with van der Waals surface area (Å²) in [5.41, 5.74) is 2.64. The number of nitrogens with zero attached hydrogens (tertiary/aromatic N) is 1. The highest BCUT2D eigenvalue weighted by Crippen LogP contribution is 2.11. The van der Waals surface area contributed by atoms with E-state index in [1.165, 1.54) is 10.6 Å². The lowest BCUT2D eigenvalue weighted by atomic mass is 10.1. The van der Waals surface area contributed by atoms with Gasteiger partial charge in [-0.15, -0.1) is 0 Å². The number of rotatable bonds is 8. The van der Waals surface area contributed by atoms with Crippen LogP contribution in [0, 0.1) is 6.92 Å². The number of hydrogen-bond acceptors (Lipinski definition) is 3. The van der Waals surface area contributed by atoms with Crippen LogP contribution < -0.4 is 5.32 Å². The molecule has 1 N–H and O–H groups in total. The van der Waals surface area contributed by atoms with Gasteiger partial charge in [0.25, 0.3) is 5.91 Å². The van der Waals surface area contributed by atoms with Gasteiger partial charge >= 0.3 is 0 Å². The summed E-state index contributed by atoms with van der Waals surface area (Å²) in [6.45, 7) is 2.78. The van der Waals surface area contributed by atoms with Gasteiger partial charge in [-0.05, 0) is 43.2 Å². The summed E-state index contributed by atoms with van der Waals surface area (Å²) in [6.07, 6.45) is 1.76. The van der Waals surface area contributed by atoms with E-state index in [0.717, 1.165) is 11.1 Å². The average Bonchev–Trinajstić information content (AvgIpc) is 2.58. The molecule has 0 bridgehead atoms. The monoisotopic (exact) mass is 394 g/mol. The van der Waals surface area contributed by atoms with Crippen molar-refractivity contribution in [2.75, 3.05) is 25.9 Å². The Hall–Kier alpha value is -1.89. The van der Waals surface area contributed by atoms with E-state index in [4.69, 9.17) is 11.6 Å². The van der Waals surface area contributed by atoms with Crippen molar-refractivity contribution in [2.45, 2.75) is 13.3 Å². The van der Waals surface area contributed by atoms with Crippen LogP contribution in [-0.4, -0.2) is 44.5 Å². The molecule has 140 valence electrons. The molecule has 0 aliphatic heterocycles. The standard InChI is InChI=1S/C19H23ClN2O3S/c1-15-3-7-17(8-4-15)19(23)21-12-14-22(26(2,24)25)13-11-16-5-9-18(20)10-6-16/h3-10H,11-14H2,1-2H3,(H,21,23). The molecule has 26 heavy (non-hydrogen) atoms. The number of nitrogens with one attached hydrogen (secondary N) is 1. The molecule has 1 amide bonds. The molecule has 0 aliphatic rings. The fourth-order valence-electron chi connectivity index (χ4n) is 2.45. The van der Waals surface area contributed by atoms with E-state index < -0.39 is 10.0 Å². The molecule has 0 spiro atoms. The topological polar surface area (TPSA) is 66.5 Å². The largest absolute Gasteiger partial charge is 0.351 e. The first-order valence-corrected chi connectivity index (χ1v) is 10.5. The van der Waals surface area contributed by atoms with Crippen LogP contribution in [-0.2, 0) is 16.4 Å². The molecule has 0 fully saturated rings. The van der Waals surface area contributed by atoms with E-state index in [9.17, 15) is 13.2 Å². The maximum atomic E-state index is 12.1. The zero-order valence-electron chi connectivity index (χ0n) is 14.9. The lowest BCUT2D eigenvalue weighted by molar-refractivity contribution is 0.0951. The summed E-state index contributed by atoms with van der Waals surface area (Å²) in [4.78, 5) is 12.1. The third-order valence-corrected chi connectivity index (χ3v) is 5.55. The van der Waals surface area contributed by atoms with Crippen LogP contribution >= 0.6 is 11.6 Å². The highest BCUT2D eigenvalue weighted by atomic mass is 35.5. The first kappa shape index (κ1) is 20.4. The summed E-state index contributed by atoms with van der Waals surface area (Å²) >= 11 is 5.86. The minimum Gasteiger partial charge on any atom is -0.351 e. The highest BCUT2D eigenvalue weighted by molar-refractivity contribution is 7.88. The molecule has 2 rings (SSSR count). The van der Waals surface area contributed by atoms with Gasteiger partial charge in [0.05, 0.1) is 6.26 Å². The Bertz CT molecular complexity index is 834. The molecular weight excluding hydrogens is 372 g/mol. The smallest absolute Gasteiger partial charge is 0.251 e. The van der Waals surface area contributed by atoms with Crippen molar-refractivity contribution in [3.05, 3.63) is 70.2 Å². The van der Waals surface area contributed by atoms with Crippen molar-refractivity contribution in [1.82, 2.24) is 9.62 Å². The minimum absolute atomic E-state index is 0.212. The van der Waals surface area contributed by atoms with Gasteiger partial charge < -0.3 is 5.32 Å². The average molecular weight is 395 g/mol. The number of carbonyl (C=O) groups excluding carboxylic acids is 1. The van der Waals surface area contributed by atoms with Gasteiger partial charge in [0.1, 0.15) is 0 Å². The molecule has 0 saturated heterocycles. The number of halogens is 1. The fraction of sp³-hybridized carbons (Fsp3) is 0.316. The molecule has 0 aromatic heterocycles.